The van der Waals surface area contributed by atoms with E-state index in [1.54, 1.807) is 6.07 Å². The van der Waals surface area contributed by atoms with E-state index in [0.29, 0.717) is 17.9 Å². The van der Waals surface area contributed by atoms with E-state index in [2.05, 4.69) is 21.4 Å². The largest absolute Gasteiger partial charge is 0.271 e. The molecule has 0 amide bonds. The first kappa shape index (κ1) is 16.1. The molecule has 0 aliphatic heterocycles. The number of benzene rings is 1. The molecule has 20 heavy (non-hydrogen) atoms. The molecule has 0 spiro atoms. The molecule has 2 unspecified atom stereocenters. The van der Waals surface area contributed by atoms with Gasteiger partial charge in [-0.3, -0.25) is 11.3 Å². The fraction of sp³-hybridized carbons (Fsp3) is 0.571. The number of rotatable bonds is 4. The lowest BCUT2D eigenvalue weighted by Gasteiger charge is -2.31. The van der Waals surface area contributed by atoms with Crippen LogP contribution in [0.15, 0.2) is 22.7 Å². The molecule has 1 saturated carbocycles. The zero-order valence-corrected chi connectivity index (χ0v) is 13.4. The van der Waals surface area contributed by atoms with Gasteiger partial charge in [-0.15, -0.1) is 0 Å². The molecule has 0 bridgehead atoms. The molecule has 0 saturated heterocycles. The summed E-state index contributed by atoms with van der Waals surface area (Å²) in [6.45, 7) is 0. The highest BCUT2D eigenvalue weighted by Crippen LogP contribution is 2.41. The van der Waals surface area contributed by atoms with E-state index in [-0.39, 0.29) is 24.8 Å². The lowest BCUT2D eigenvalue weighted by atomic mass is 9.81. The highest BCUT2D eigenvalue weighted by atomic mass is 79.9. The van der Waals surface area contributed by atoms with Crippen molar-refractivity contribution in [2.24, 2.45) is 11.8 Å². The molecule has 1 aliphatic carbocycles. The highest BCUT2D eigenvalue weighted by molar-refractivity contribution is 9.10. The zero-order chi connectivity index (χ0) is 14.8. The number of hydrazine groups is 1. The Kier molecular flexibility index (Phi) is 5.40. The molecule has 1 aromatic carbocycles. The monoisotopic (exact) mass is 366 g/mol. The van der Waals surface area contributed by atoms with Gasteiger partial charge < -0.3 is 0 Å². The molecular weight excluding hydrogens is 350 g/mol. The van der Waals surface area contributed by atoms with Gasteiger partial charge in [0.05, 0.1) is 0 Å². The molecule has 6 heteroatoms. The average Bonchev–Trinajstić information content (AvgIpc) is 2.38. The molecule has 0 aromatic heterocycles. The summed E-state index contributed by atoms with van der Waals surface area (Å²) in [5.41, 5.74) is 3.64. The maximum absolute atomic E-state index is 13.5. The summed E-state index contributed by atoms with van der Waals surface area (Å²) in [6.07, 6.45) is 1.94. The summed E-state index contributed by atoms with van der Waals surface area (Å²) in [7, 11) is 0. The summed E-state index contributed by atoms with van der Waals surface area (Å²) < 4.78 is 27.8. The first-order valence-corrected chi connectivity index (χ1v) is 7.87. The summed E-state index contributed by atoms with van der Waals surface area (Å²) in [4.78, 5) is 0. The quantitative estimate of drug-likeness (QED) is 0.591. The van der Waals surface area contributed by atoms with E-state index < -0.39 is 5.92 Å². The Bertz CT molecular complexity index is 470. The summed E-state index contributed by atoms with van der Waals surface area (Å²) >= 11 is 9.45. The van der Waals surface area contributed by atoms with Crippen molar-refractivity contribution in [3.63, 3.8) is 0 Å². The Balaban J connectivity index is 2.10. The molecule has 1 fully saturated rings. The lowest BCUT2D eigenvalue weighted by molar-refractivity contribution is -0.0548. The van der Waals surface area contributed by atoms with Crippen molar-refractivity contribution in [3.05, 3.63) is 33.3 Å². The Hall–Kier alpha value is -0.230. The maximum atomic E-state index is 13.5. The van der Waals surface area contributed by atoms with Gasteiger partial charge >= 0.3 is 0 Å². The Labute approximate surface area is 131 Å². The molecule has 1 aromatic rings. The molecule has 0 heterocycles. The normalized spacial score (nSPS) is 23.6. The third-order valence-electron chi connectivity index (χ3n) is 3.85. The predicted molar refractivity (Wildman–Crippen MR) is 80.7 cm³/mol. The van der Waals surface area contributed by atoms with E-state index >= 15 is 0 Å². The van der Waals surface area contributed by atoms with E-state index in [1.165, 1.54) is 0 Å². The fourth-order valence-corrected chi connectivity index (χ4v) is 3.58. The third kappa shape index (κ3) is 4.13. The predicted octanol–water partition coefficient (Wildman–Crippen LogP) is 4.82. The van der Waals surface area contributed by atoms with Crippen LogP contribution in [-0.2, 0) is 0 Å². The number of halogens is 4. The SMILES string of the molecule is NNC(CC1CCCC(F)(F)C1)c1cc(Cl)ccc1Br. The second-order valence-corrected chi connectivity index (χ2v) is 6.73. The number of alkyl halides is 2. The van der Waals surface area contributed by atoms with Gasteiger partial charge in [0.2, 0.25) is 5.92 Å². The van der Waals surface area contributed by atoms with Gasteiger partial charge in [-0.05, 0) is 48.9 Å². The van der Waals surface area contributed by atoms with Crippen LogP contribution in [0.25, 0.3) is 0 Å². The molecule has 2 nitrogen and oxygen atoms in total. The van der Waals surface area contributed by atoms with Crippen molar-refractivity contribution in [2.45, 2.75) is 44.1 Å². The second-order valence-electron chi connectivity index (χ2n) is 5.44. The molecule has 3 N–H and O–H groups in total. The minimum atomic E-state index is -2.53. The van der Waals surface area contributed by atoms with E-state index in [0.717, 1.165) is 16.5 Å². The maximum Gasteiger partial charge on any atom is 0.248 e. The van der Waals surface area contributed by atoms with Gasteiger partial charge in [0, 0.05) is 28.4 Å². The van der Waals surface area contributed by atoms with Crippen molar-refractivity contribution >= 4 is 27.5 Å². The smallest absolute Gasteiger partial charge is 0.248 e. The van der Waals surface area contributed by atoms with Gasteiger partial charge in [-0.1, -0.05) is 27.5 Å². The van der Waals surface area contributed by atoms with Crippen LogP contribution >= 0.6 is 27.5 Å². The summed E-state index contributed by atoms with van der Waals surface area (Å²) in [5.74, 6) is 3.05. The van der Waals surface area contributed by atoms with Crippen molar-refractivity contribution in [1.29, 1.82) is 0 Å². The van der Waals surface area contributed by atoms with Crippen LogP contribution in [0, 0.1) is 5.92 Å². The van der Waals surface area contributed by atoms with Gasteiger partial charge in [-0.25, -0.2) is 8.78 Å². The summed E-state index contributed by atoms with van der Waals surface area (Å²) in [6, 6.07) is 5.26. The number of hydrogen-bond donors (Lipinski definition) is 2. The number of nitrogens with one attached hydrogen (secondary N) is 1. The summed E-state index contributed by atoms with van der Waals surface area (Å²) in [5, 5.41) is 0.609. The standard InChI is InChI=1S/C14H18BrClF2N2/c15-12-4-3-10(16)7-11(12)13(20-19)6-9-2-1-5-14(17,18)8-9/h3-4,7,9,13,20H,1-2,5-6,8,19H2. The number of hydrogen-bond acceptors (Lipinski definition) is 2. The van der Waals surface area contributed by atoms with Crippen LogP contribution in [0.5, 0.6) is 0 Å². The van der Waals surface area contributed by atoms with Crippen molar-refractivity contribution < 1.29 is 8.78 Å². The fourth-order valence-electron chi connectivity index (χ4n) is 2.88. The first-order valence-electron chi connectivity index (χ1n) is 6.70. The van der Waals surface area contributed by atoms with Crippen molar-refractivity contribution in [3.8, 4) is 0 Å². The number of nitrogens with two attached hydrogens (primary N) is 1. The van der Waals surface area contributed by atoms with Crippen LogP contribution in [0.3, 0.4) is 0 Å². The molecule has 2 atom stereocenters. The molecule has 0 radical (unpaired) electrons. The topological polar surface area (TPSA) is 38.0 Å². The van der Waals surface area contributed by atoms with Crippen LogP contribution < -0.4 is 11.3 Å². The minimum absolute atomic E-state index is 0.00504. The molecule has 112 valence electrons. The van der Waals surface area contributed by atoms with Crippen LogP contribution in [0.2, 0.25) is 5.02 Å². The van der Waals surface area contributed by atoms with Crippen LogP contribution in [0.4, 0.5) is 8.78 Å². The Morgan fingerprint density at radius 3 is 2.90 bits per heavy atom. The van der Waals surface area contributed by atoms with Crippen molar-refractivity contribution in [1.82, 2.24) is 5.43 Å². The van der Waals surface area contributed by atoms with Crippen LogP contribution in [0.1, 0.15) is 43.7 Å². The Morgan fingerprint density at radius 1 is 1.50 bits per heavy atom. The van der Waals surface area contributed by atoms with Crippen molar-refractivity contribution in [2.75, 3.05) is 0 Å². The van der Waals surface area contributed by atoms with Gasteiger partial charge in [-0.2, -0.15) is 0 Å². The van der Waals surface area contributed by atoms with E-state index in [9.17, 15) is 8.78 Å². The Morgan fingerprint density at radius 2 is 2.25 bits per heavy atom. The molecule has 1 aliphatic rings. The van der Waals surface area contributed by atoms with Gasteiger partial charge in [0.1, 0.15) is 0 Å². The van der Waals surface area contributed by atoms with Gasteiger partial charge in [0.25, 0.3) is 0 Å². The third-order valence-corrected chi connectivity index (χ3v) is 4.80. The van der Waals surface area contributed by atoms with Crippen LogP contribution in [-0.4, -0.2) is 5.92 Å². The first-order chi connectivity index (χ1) is 9.41. The second kappa shape index (κ2) is 6.69. The van der Waals surface area contributed by atoms with Gasteiger partial charge in [0.15, 0.2) is 0 Å². The molecule has 2 rings (SSSR count). The van der Waals surface area contributed by atoms with E-state index in [1.807, 2.05) is 12.1 Å². The minimum Gasteiger partial charge on any atom is -0.271 e. The highest BCUT2D eigenvalue weighted by Gasteiger charge is 2.37. The zero-order valence-electron chi connectivity index (χ0n) is 11.0. The lowest BCUT2D eigenvalue weighted by Crippen LogP contribution is -2.33. The average molecular weight is 368 g/mol. The van der Waals surface area contributed by atoms with E-state index in [4.69, 9.17) is 17.4 Å². The molecular formula is C14H18BrClF2N2.